The lowest BCUT2D eigenvalue weighted by atomic mass is 10.5. The summed E-state index contributed by atoms with van der Waals surface area (Å²) in [4.78, 5) is 6.24. The molecule has 68 valence electrons. The minimum atomic E-state index is 0.408. The van der Waals surface area contributed by atoms with Crippen LogP contribution in [-0.2, 0) is 5.88 Å². The second kappa shape index (κ2) is 4.36. The molecule has 0 aliphatic rings. The molecule has 0 spiro atoms. The normalized spacial score (nSPS) is 10.2. The largest absolute Gasteiger partial charge is 0.432 e. The summed E-state index contributed by atoms with van der Waals surface area (Å²) in [5, 5.41) is 0. The summed E-state index contributed by atoms with van der Waals surface area (Å²) in [5.74, 6) is 0.408. The standard InChI is InChI=1S/C8H13ClN2O/c1-3-11(4-2)8-10-7(5-9)6-12-8/h6H,3-5H2,1-2H3. The third-order valence-electron chi connectivity index (χ3n) is 1.71. The van der Waals surface area contributed by atoms with Crippen molar-refractivity contribution < 1.29 is 4.42 Å². The predicted molar refractivity (Wildman–Crippen MR) is 49.6 cm³/mol. The topological polar surface area (TPSA) is 29.3 Å². The monoisotopic (exact) mass is 188 g/mol. The first-order valence-corrected chi connectivity index (χ1v) is 4.60. The van der Waals surface area contributed by atoms with Crippen molar-refractivity contribution in [2.45, 2.75) is 19.7 Å². The summed E-state index contributed by atoms with van der Waals surface area (Å²) < 4.78 is 5.23. The molecule has 0 bridgehead atoms. The third-order valence-corrected chi connectivity index (χ3v) is 1.98. The van der Waals surface area contributed by atoms with Crippen molar-refractivity contribution in [2.24, 2.45) is 0 Å². The van der Waals surface area contributed by atoms with E-state index < -0.39 is 0 Å². The maximum atomic E-state index is 5.59. The Kier molecular flexibility index (Phi) is 3.41. The number of aromatic nitrogens is 1. The average Bonchev–Trinajstić information content (AvgIpc) is 2.55. The Labute approximate surface area is 77.3 Å². The van der Waals surface area contributed by atoms with E-state index in [0.717, 1.165) is 18.8 Å². The van der Waals surface area contributed by atoms with Gasteiger partial charge in [-0.25, -0.2) is 0 Å². The van der Waals surface area contributed by atoms with E-state index in [1.54, 1.807) is 6.26 Å². The first-order chi connectivity index (χ1) is 5.81. The van der Waals surface area contributed by atoms with Gasteiger partial charge in [-0.05, 0) is 13.8 Å². The van der Waals surface area contributed by atoms with Gasteiger partial charge in [0.2, 0.25) is 0 Å². The number of alkyl halides is 1. The van der Waals surface area contributed by atoms with E-state index in [0.29, 0.717) is 11.9 Å². The van der Waals surface area contributed by atoms with Gasteiger partial charge in [-0.2, -0.15) is 4.98 Å². The lowest BCUT2D eigenvalue weighted by Gasteiger charge is -2.14. The fourth-order valence-corrected chi connectivity index (χ4v) is 1.12. The highest BCUT2D eigenvalue weighted by molar-refractivity contribution is 6.16. The summed E-state index contributed by atoms with van der Waals surface area (Å²) in [6.07, 6.45) is 1.60. The Hall–Kier alpha value is -0.700. The van der Waals surface area contributed by atoms with Gasteiger partial charge >= 0.3 is 0 Å². The molecule has 0 saturated heterocycles. The quantitative estimate of drug-likeness (QED) is 0.679. The second-order valence-electron chi connectivity index (χ2n) is 2.43. The molecular weight excluding hydrogens is 176 g/mol. The number of hydrogen-bond acceptors (Lipinski definition) is 3. The number of halogens is 1. The van der Waals surface area contributed by atoms with Gasteiger partial charge in [0.25, 0.3) is 6.01 Å². The lowest BCUT2D eigenvalue weighted by molar-refractivity contribution is 0.539. The fraction of sp³-hybridized carbons (Fsp3) is 0.625. The number of oxazole rings is 1. The van der Waals surface area contributed by atoms with Gasteiger partial charge in [-0.15, -0.1) is 11.6 Å². The van der Waals surface area contributed by atoms with E-state index in [4.69, 9.17) is 16.0 Å². The van der Waals surface area contributed by atoms with Crippen molar-refractivity contribution in [3.05, 3.63) is 12.0 Å². The molecule has 0 unspecified atom stereocenters. The number of anilines is 1. The van der Waals surface area contributed by atoms with Gasteiger partial charge in [0, 0.05) is 13.1 Å². The van der Waals surface area contributed by atoms with E-state index in [1.165, 1.54) is 0 Å². The van der Waals surface area contributed by atoms with E-state index in [1.807, 2.05) is 4.90 Å². The van der Waals surface area contributed by atoms with Gasteiger partial charge in [0.15, 0.2) is 0 Å². The summed E-state index contributed by atoms with van der Waals surface area (Å²) in [5.41, 5.74) is 0.790. The zero-order valence-electron chi connectivity index (χ0n) is 7.38. The molecule has 1 rings (SSSR count). The Morgan fingerprint density at radius 2 is 2.17 bits per heavy atom. The molecule has 1 aromatic heterocycles. The first kappa shape index (κ1) is 9.39. The Balaban J connectivity index is 2.72. The average molecular weight is 189 g/mol. The molecule has 0 aliphatic heterocycles. The first-order valence-electron chi connectivity index (χ1n) is 4.07. The highest BCUT2D eigenvalue weighted by Crippen LogP contribution is 2.13. The van der Waals surface area contributed by atoms with E-state index in [9.17, 15) is 0 Å². The molecule has 0 aliphatic carbocycles. The molecule has 4 heteroatoms. The smallest absolute Gasteiger partial charge is 0.297 e. The maximum absolute atomic E-state index is 5.59. The molecule has 0 amide bonds. The molecule has 0 saturated carbocycles. The summed E-state index contributed by atoms with van der Waals surface area (Å²) in [6.45, 7) is 5.93. The van der Waals surface area contributed by atoms with E-state index in [2.05, 4.69) is 18.8 Å². The molecule has 3 nitrogen and oxygen atoms in total. The molecule has 0 N–H and O–H groups in total. The zero-order valence-corrected chi connectivity index (χ0v) is 8.14. The van der Waals surface area contributed by atoms with E-state index >= 15 is 0 Å². The van der Waals surface area contributed by atoms with Crippen molar-refractivity contribution in [3.63, 3.8) is 0 Å². The SMILES string of the molecule is CCN(CC)c1nc(CCl)co1. The van der Waals surface area contributed by atoms with Crippen LogP contribution in [-0.4, -0.2) is 18.1 Å². The van der Waals surface area contributed by atoms with Crippen LogP contribution in [0.2, 0.25) is 0 Å². The van der Waals surface area contributed by atoms with Crippen LogP contribution in [0.25, 0.3) is 0 Å². The summed E-state index contributed by atoms with van der Waals surface area (Å²) in [6, 6.07) is 0.663. The minimum Gasteiger partial charge on any atom is -0.432 e. The van der Waals surface area contributed by atoms with Crippen molar-refractivity contribution in [2.75, 3.05) is 18.0 Å². The van der Waals surface area contributed by atoms with Crippen LogP contribution < -0.4 is 4.90 Å². The van der Waals surface area contributed by atoms with Crippen LogP contribution in [0.5, 0.6) is 0 Å². The van der Waals surface area contributed by atoms with Crippen LogP contribution in [0.4, 0.5) is 6.01 Å². The lowest BCUT2D eigenvalue weighted by Crippen LogP contribution is -2.22. The molecule has 1 heterocycles. The molecule has 1 aromatic rings. The molecule has 0 aromatic carbocycles. The highest BCUT2D eigenvalue weighted by Gasteiger charge is 2.08. The fourth-order valence-electron chi connectivity index (χ4n) is 0.997. The van der Waals surface area contributed by atoms with Gasteiger partial charge in [-0.3, -0.25) is 0 Å². The summed E-state index contributed by atoms with van der Waals surface area (Å²) >= 11 is 5.59. The number of hydrogen-bond donors (Lipinski definition) is 0. The van der Waals surface area contributed by atoms with Gasteiger partial charge in [-0.1, -0.05) is 0 Å². The van der Waals surface area contributed by atoms with Crippen LogP contribution in [0.3, 0.4) is 0 Å². The van der Waals surface area contributed by atoms with Gasteiger partial charge < -0.3 is 9.32 Å². The van der Waals surface area contributed by atoms with Gasteiger partial charge in [0.05, 0.1) is 11.6 Å². The second-order valence-corrected chi connectivity index (χ2v) is 2.69. The van der Waals surface area contributed by atoms with Crippen LogP contribution in [0, 0.1) is 0 Å². The Morgan fingerprint density at radius 1 is 1.50 bits per heavy atom. The Morgan fingerprint density at radius 3 is 2.58 bits per heavy atom. The van der Waals surface area contributed by atoms with Crippen LogP contribution in [0.1, 0.15) is 19.5 Å². The van der Waals surface area contributed by atoms with Gasteiger partial charge in [0.1, 0.15) is 6.26 Å². The van der Waals surface area contributed by atoms with Crippen molar-refractivity contribution >= 4 is 17.6 Å². The molecular formula is C8H13ClN2O. The predicted octanol–water partition coefficient (Wildman–Crippen LogP) is 2.26. The molecule has 0 radical (unpaired) electrons. The van der Waals surface area contributed by atoms with Crippen molar-refractivity contribution in [1.29, 1.82) is 0 Å². The number of rotatable bonds is 4. The molecule has 0 atom stereocenters. The van der Waals surface area contributed by atoms with Crippen molar-refractivity contribution in [3.8, 4) is 0 Å². The van der Waals surface area contributed by atoms with Crippen molar-refractivity contribution in [1.82, 2.24) is 4.98 Å². The number of nitrogens with zero attached hydrogens (tertiary/aromatic N) is 2. The van der Waals surface area contributed by atoms with Crippen LogP contribution >= 0.6 is 11.6 Å². The highest BCUT2D eigenvalue weighted by atomic mass is 35.5. The third kappa shape index (κ3) is 1.91. The molecule has 12 heavy (non-hydrogen) atoms. The maximum Gasteiger partial charge on any atom is 0.297 e. The zero-order chi connectivity index (χ0) is 8.97. The van der Waals surface area contributed by atoms with Crippen LogP contribution in [0.15, 0.2) is 10.7 Å². The van der Waals surface area contributed by atoms with E-state index in [-0.39, 0.29) is 0 Å². The summed E-state index contributed by atoms with van der Waals surface area (Å²) in [7, 11) is 0. The Bertz CT molecular complexity index is 233. The minimum absolute atomic E-state index is 0.408. The molecule has 0 fully saturated rings.